The van der Waals surface area contributed by atoms with E-state index in [-0.39, 0.29) is 0 Å². The molecular weight excluding hydrogens is 228 g/mol. The van der Waals surface area contributed by atoms with Gasteiger partial charge in [-0.25, -0.2) is 0 Å². The zero-order valence-electron chi connectivity index (χ0n) is 10.4. The molecule has 1 saturated heterocycles. The first-order valence-corrected chi connectivity index (χ1v) is 10.7. The van der Waals surface area contributed by atoms with Crippen LogP contribution in [0.5, 0.6) is 0 Å². The van der Waals surface area contributed by atoms with Gasteiger partial charge in [0.2, 0.25) is 0 Å². The van der Waals surface area contributed by atoms with E-state index in [0.717, 1.165) is 26.2 Å². The number of hydrogen-bond acceptors (Lipinski definition) is 3. The summed E-state index contributed by atoms with van der Waals surface area (Å²) in [6.45, 7) is 6.76. The van der Waals surface area contributed by atoms with Crippen LogP contribution in [-0.2, 0) is 29.8 Å². The summed E-state index contributed by atoms with van der Waals surface area (Å²) >= 11 is -1.93. The first-order chi connectivity index (χ1) is 6.99. The van der Waals surface area contributed by atoms with Crippen molar-refractivity contribution in [2.75, 3.05) is 19.8 Å². The average molecular weight is 252 g/mol. The molecule has 1 atom stereocenters. The van der Waals surface area contributed by atoms with Gasteiger partial charge in [0.25, 0.3) is 0 Å². The number of hydrogen-bond donors (Lipinski definition) is 0. The van der Waals surface area contributed by atoms with Crippen LogP contribution in [0.2, 0.25) is 15.2 Å². The molecule has 0 aromatic carbocycles. The number of epoxide rings is 1. The van der Waals surface area contributed by atoms with Gasteiger partial charge in [-0.15, -0.1) is 0 Å². The molecule has 0 aromatic heterocycles. The summed E-state index contributed by atoms with van der Waals surface area (Å²) in [5.74, 6) is 0. The van der Waals surface area contributed by atoms with Gasteiger partial charge in [-0.3, -0.25) is 0 Å². The monoisotopic (exact) mass is 252 g/mol. The van der Waals surface area contributed by atoms with Crippen molar-refractivity contribution in [2.45, 2.75) is 47.7 Å². The van der Waals surface area contributed by atoms with Crippen LogP contribution in [0.15, 0.2) is 0 Å². The molecule has 15 heavy (non-hydrogen) atoms. The molecule has 1 unspecified atom stereocenters. The molecule has 0 bridgehead atoms. The Kier molecular flexibility index (Phi) is 5.79. The molecule has 0 N–H and O–H groups in total. The molecule has 90 valence electrons. The van der Waals surface area contributed by atoms with Crippen LogP contribution in [0.3, 0.4) is 0 Å². The summed E-state index contributed by atoms with van der Waals surface area (Å²) in [6.07, 6.45) is 1.90. The number of rotatable bonds is 8. The van der Waals surface area contributed by atoms with E-state index >= 15 is 0 Å². The van der Waals surface area contributed by atoms with Gasteiger partial charge >= 0.3 is 97.2 Å². The normalized spacial score (nSPS) is 21.0. The summed E-state index contributed by atoms with van der Waals surface area (Å²) in [4.78, 5) is 0. The first-order valence-electron chi connectivity index (χ1n) is 5.87. The summed E-state index contributed by atoms with van der Waals surface area (Å²) < 4.78 is 17.8. The molecule has 1 heterocycles. The third-order valence-electron chi connectivity index (χ3n) is 2.33. The minimum atomic E-state index is -1.93. The van der Waals surface area contributed by atoms with Crippen LogP contribution in [0.25, 0.3) is 0 Å². The van der Waals surface area contributed by atoms with Crippen molar-refractivity contribution in [3.8, 4) is 0 Å². The summed E-state index contributed by atoms with van der Waals surface area (Å²) in [5, 5.41) is 4.65. The molecule has 0 spiro atoms. The van der Waals surface area contributed by atoms with Crippen molar-refractivity contribution < 1.29 is 29.8 Å². The van der Waals surface area contributed by atoms with Gasteiger partial charge in [-0.2, -0.15) is 0 Å². The Balaban J connectivity index is 1.96. The Bertz CT molecular complexity index is 179. The number of ether oxygens (including phenoxy) is 2. The van der Waals surface area contributed by atoms with Crippen molar-refractivity contribution in [1.29, 1.82) is 0 Å². The van der Waals surface area contributed by atoms with Crippen LogP contribution < -0.4 is 0 Å². The van der Waals surface area contributed by atoms with Gasteiger partial charge in [0, 0.05) is 0 Å². The third kappa shape index (κ3) is 7.48. The molecule has 0 radical (unpaired) electrons. The van der Waals surface area contributed by atoms with E-state index in [0.29, 0.717) is 12.2 Å². The molecule has 0 aliphatic carbocycles. The second-order valence-corrected chi connectivity index (χ2v) is 11.7. The zero-order valence-corrected chi connectivity index (χ0v) is 12.0. The Hall–Kier alpha value is 0.594. The Labute approximate surface area is 97.3 Å². The molecule has 3 nitrogen and oxygen atoms in total. The van der Waals surface area contributed by atoms with Crippen molar-refractivity contribution in [1.82, 2.24) is 0 Å². The summed E-state index contributed by atoms with van der Waals surface area (Å²) in [6, 6.07) is 0. The van der Waals surface area contributed by atoms with E-state index < -0.39 is 17.0 Å². The van der Waals surface area contributed by atoms with E-state index in [1.165, 1.54) is 4.73 Å². The van der Waals surface area contributed by atoms with Crippen LogP contribution in [0.1, 0.15) is 20.3 Å². The minimum absolute atomic E-state index is 0.376. The van der Waals surface area contributed by atoms with E-state index in [2.05, 4.69) is 24.3 Å². The van der Waals surface area contributed by atoms with Crippen molar-refractivity contribution in [3.05, 3.63) is 0 Å². The van der Waals surface area contributed by atoms with E-state index in [9.17, 15) is 0 Å². The standard InChI is InChI=1S/C6H11O2.C3H7O.2CH3.Ti/c1-2-3-7-4-6-5-8-6;1-3(2)4;;;/h6H,1-5H2;3H,1-2H3;2*1H3;/q;-1;;;+1. The van der Waals surface area contributed by atoms with E-state index in [4.69, 9.17) is 12.8 Å². The van der Waals surface area contributed by atoms with Gasteiger partial charge in [-0.05, 0) is 0 Å². The van der Waals surface area contributed by atoms with Gasteiger partial charge in [0.15, 0.2) is 0 Å². The summed E-state index contributed by atoms with van der Waals surface area (Å²) in [5.41, 5.74) is 0. The van der Waals surface area contributed by atoms with Crippen LogP contribution in [-0.4, -0.2) is 32.0 Å². The molecule has 1 aliphatic heterocycles. The Morgan fingerprint density at radius 1 is 1.40 bits per heavy atom. The van der Waals surface area contributed by atoms with Gasteiger partial charge in [0.05, 0.1) is 0 Å². The van der Waals surface area contributed by atoms with E-state index in [1.807, 2.05) is 0 Å². The molecule has 1 rings (SSSR count). The first kappa shape index (κ1) is 13.7. The SMILES string of the molecule is CC(C)[O][Ti]([CH3])([CH3])[CH2]CCOCC1CO1. The second-order valence-electron chi connectivity index (χ2n) is 5.06. The zero-order chi connectivity index (χ0) is 11.3. The van der Waals surface area contributed by atoms with Gasteiger partial charge < -0.3 is 0 Å². The summed E-state index contributed by atoms with van der Waals surface area (Å²) in [7, 11) is 0. The van der Waals surface area contributed by atoms with Crippen molar-refractivity contribution in [2.24, 2.45) is 0 Å². The van der Waals surface area contributed by atoms with Gasteiger partial charge in [-0.1, -0.05) is 0 Å². The molecule has 0 amide bonds. The molecule has 1 fully saturated rings. The predicted octanol–water partition coefficient (Wildman–Crippen LogP) is 2.80. The quantitative estimate of drug-likeness (QED) is 0.378. The molecule has 1 aliphatic rings. The molecule has 0 aromatic rings. The van der Waals surface area contributed by atoms with Crippen molar-refractivity contribution in [3.63, 3.8) is 0 Å². The van der Waals surface area contributed by atoms with E-state index in [1.54, 1.807) is 0 Å². The van der Waals surface area contributed by atoms with Gasteiger partial charge in [0.1, 0.15) is 0 Å². The van der Waals surface area contributed by atoms with Crippen molar-refractivity contribution >= 4 is 0 Å². The van der Waals surface area contributed by atoms with Crippen LogP contribution >= 0.6 is 0 Å². The predicted molar refractivity (Wildman–Crippen MR) is 57.9 cm³/mol. The van der Waals surface area contributed by atoms with Crippen LogP contribution in [0.4, 0.5) is 0 Å². The maximum absolute atomic E-state index is 5.98. The molecule has 0 saturated carbocycles. The molecular formula is C11H24O3Ti. The maximum atomic E-state index is 5.98. The third-order valence-corrected chi connectivity index (χ3v) is 6.49. The fourth-order valence-corrected chi connectivity index (χ4v) is 5.41. The fourth-order valence-electron chi connectivity index (χ4n) is 1.68. The fraction of sp³-hybridized carbons (Fsp3) is 1.00. The Morgan fingerprint density at radius 3 is 2.60 bits per heavy atom. The average Bonchev–Trinajstić information content (AvgIpc) is 2.84. The Morgan fingerprint density at radius 2 is 2.07 bits per heavy atom. The second kappa shape index (κ2) is 6.36. The topological polar surface area (TPSA) is 31.0 Å². The molecule has 4 heteroatoms. The van der Waals surface area contributed by atoms with Crippen LogP contribution in [0, 0.1) is 0 Å².